The maximum absolute atomic E-state index is 12.7. The summed E-state index contributed by atoms with van der Waals surface area (Å²) in [4.78, 5) is 0. The Kier molecular flexibility index (Phi) is 4.26. The predicted molar refractivity (Wildman–Crippen MR) is 75.7 cm³/mol. The average molecular weight is 338 g/mol. The molecule has 24 heavy (non-hydrogen) atoms. The molecule has 1 aromatic carbocycles. The number of aliphatic hydroxyl groups is 1. The molecule has 0 aliphatic carbocycles. The summed E-state index contributed by atoms with van der Waals surface area (Å²) in [6, 6.07) is 4.33. The number of halogens is 3. The Hall–Kier alpha value is -2.44. The van der Waals surface area contributed by atoms with Crippen LogP contribution in [-0.4, -0.2) is 39.4 Å². The molecule has 0 amide bonds. The number of nitrogens with zero attached hydrogens (tertiary/aromatic N) is 4. The molecule has 1 saturated heterocycles. The summed E-state index contributed by atoms with van der Waals surface area (Å²) in [5.41, 5.74) is -0.489. The van der Waals surface area contributed by atoms with Crippen LogP contribution in [0.3, 0.4) is 0 Å². The van der Waals surface area contributed by atoms with Crippen molar-refractivity contribution in [1.82, 2.24) is 15.0 Å². The fraction of sp³-hybridized carbons (Fsp3) is 0.400. The number of aliphatic hydroxyl groups excluding tert-OH is 1. The van der Waals surface area contributed by atoms with Crippen molar-refractivity contribution < 1.29 is 23.0 Å². The second-order valence-corrected chi connectivity index (χ2v) is 5.45. The zero-order chi connectivity index (χ0) is 17.3. The van der Waals surface area contributed by atoms with E-state index in [9.17, 15) is 18.3 Å². The minimum absolute atomic E-state index is 0.135. The topological polar surface area (TPSA) is 84.0 Å². The maximum Gasteiger partial charge on any atom is 0.416 e. The van der Waals surface area contributed by atoms with Gasteiger partial charge in [-0.05, 0) is 18.6 Å². The zero-order valence-electron chi connectivity index (χ0n) is 12.4. The van der Waals surface area contributed by atoms with E-state index in [1.54, 1.807) is 6.07 Å². The number of nitriles is 1. The lowest BCUT2D eigenvalue weighted by Crippen LogP contribution is -2.34. The number of hydrogen-bond donors (Lipinski definition) is 1. The third kappa shape index (κ3) is 3.11. The van der Waals surface area contributed by atoms with E-state index in [4.69, 9.17) is 10.00 Å². The van der Waals surface area contributed by atoms with Gasteiger partial charge in [0.25, 0.3) is 0 Å². The van der Waals surface area contributed by atoms with Crippen LogP contribution in [-0.2, 0) is 10.9 Å². The Labute approximate surface area is 135 Å². The summed E-state index contributed by atoms with van der Waals surface area (Å²) in [5.74, 6) is 0. The largest absolute Gasteiger partial charge is 0.416 e. The first kappa shape index (κ1) is 16.4. The molecule has 0 saturated carbocycles. The molecule has 1 aliphatic rings. The Morgan fingerprint density at radius 3 is 2.83 bits per heavy atom. The SMILES string of the molecule is N#Cc1cc(C(F)(F)F)ccc1-c1cn([C@@H]2CCOC[C@H]2O)nn1. The van der Waals surface area contributed by atoms with Crippen LogP contribution in [0.15, 0.2) is 24.4 Å². The molecule has 1 fully saturated rings. The summed E-state index contributed by atoms with van der Waals surface area (Å²) in [7, 11) is 0. The lowest BCUT2D eigenvalue weighted by atomic mass is 10.0. The molecule has 2 heterocycles. The van der Waals surface area contributed by atoms with Gasteiger partial charge in [0, 0.05) is 12.2 Å². The Bertz CT molecular complexity index is 782. The molecular weight excluding hydrogens is 325 g/mol. The molecule has 1 aromatic heterocycles. The lowest BCUT2D eigenvalue weighted by molar-refractivity contribution is -0.137. The highest BCUT2D eigenvalue weighted by atomic mass is 19.4. The molecule has 0 unspecified atom stereocenters. The summed E-state index contributed by atoms with van der Waals surface area (Å²) < 4.78 is 44.8. The maximum atomic E-state index is 12.7. The first-order valence-corrected chi connectivity index (χ1v) is 7.19. The first-order valence-electron chi connectivity index (χ1n) is 7.19. The molecule has 1 N–H and O–H groups in total. The molecule has 0 spiro atoms. The van der Waals surface area contributed by atoms with E-state index in [1.165, 1.54) is 16.9 Å². The van der Waals surface area contributed by atoms with E-state index in [0.717, 1.165) is 12.1 Å². The van der Waals surface area contributed by atoms with Crippen LogP contribution in [0, 0.1) is 11.3 Å². The molecule has 126 valence electrons. The Morgan fingerprint density at radius 2 is 2.17 bits per heavy atom. The predicted octanol–water partition coefficient (Wildman–Crippen LogP) is 2.16. The molecule has 2 aromatic rings. The van der Waals surface area contributed by atoms with Crippen molar-refractivity contribution in [3.8, 4) is 17.3 Å². The van der Waals surface area contributed by atoms with Crippen molar-refractivity contribution in [3.63, 3.8) is 0 Å². The van der Waals surface area contributed by atoms with Crippen LogP contribution in [0.5, 0.6) is 0 Å². The van der Waals surface area contributed by atoms with Crippen LogP contribution < -0.4 is 0 Å². The number of benzene rings is 1. The van der Waals surface area contributed by atoms with Crippen molar-refractivity contribution in [1.29, 1.82) is 5.26 Å². The van der Waals surface area contributed by atoms with Gasteiger partial charge >= 0.3 is 6.18 Å². The van der Waals surface area contributed by atoms with Crippen molar-refractivity contribution in [3.05, 3.63) is 35.5 Å². The minimum Gasteiger partial charge on any atom is -0.388 e. The third-order valence-electron chi connectivity index (χ3n) is 3.88. The van der Waals surface area contributed by atoms with Gasteiger partial charge < -0.3 is 9.84 Å². The van der Waals surface area contributed by atoms with Crippen LogP contribution in [0.4, 0.5) is 13.2 Å². The van der Waals surface area contributed by atoms with Gasteiger partial charge in [-0.1, -0.05) is 11.3 Å². The molecule has 9 heteroatoms. The molecule has 0 bridgehead atoms. The summed E-state index contributed by atoms with van der Waals surface area (Å²) in [5, 5.41) is 26.9. The van der Waals surface area contributed by atoms with E-state index in [2.05, 4.69) is 10.3 Å². The zero-order valence-corrected chi connectivity index (χ0v) is 12.4. The normalized spacial score (nSPS) is 21.5. The van der Waals surface area contributed by atoms with Crippen molar-refractivity contribution in [2.75, 3.05) is 13.2 Å². The molecule has 2 atom stereocenters. The van der Waals surface area contributed by atoms with E-state index in [1.807, 2.05) is 0 Å². The van der Waals surface area contributed by atoms with Gasteiger partial charge in [0.05, 0.1) is 42.1 Å². The first-order chi connectivity index (χ1) is 11.4. The molecule has 0 radical (unpaired) electrons. The van der Waals surface area contributed by atoms with E-state index < -0.39 is 17.8 Å². The van der Waals surface area contributed by atoms with Crippen LogP contribution >= 0.6 is 0 Å². The number of rotatable bonds is 2. The van der Waals surface area contributed by atoms with Gasteiger partial charge in [0.1, 0.15) is 5.69 Å². The minimum atomic E-state index is -4.52. The Balaban J connectivity index is 1.94. The average Bonchev–Trinajstić information content (AvgIpc) is 3.03. The second-order valence-electron chi connectivity index (χ2n) is 5.45. The fourth-order valence-electron chi connectivity index (χ4n) is 2.62. The molecule has 1 aliphatic heterocycles. The standard InChI is InChI=1S/C15H13F3N4O2/c16-15(17,18)10-1-2-11(9(5-10)6-19)12-7-22(21-20-12)13-3-4-24-8-14(13)23/h1-2,5,7,13-14,23H,3-4,8H2/t13-,14-/m1/s1. The highest BCUT2D eigenvalue weighted by molar-refractivity contribution is 5.67. The highest BCUT2D eigenvalue weighted by Gasteiger charge is 2.31. The Morgan fingerprint density at radius 1 is 1.38 bits per heavy atom. The molecule has 6 nitrogen and oxygen atoms in total. The summed E-state index contributed by atoms with van der Waals surface area (Å²) in [6.45, 7) is 0.657. The smallest absolute Gasteiger partial charge is 0.388 e. The van der Waals surface area contributed by atoms with Crippen LogP contribution in [0.2, 0.25) is 0 Å². The lowest BCUT2D eigenvalue weighted by Gasteiger charge is -2.27. The number of alkyl halides is 3. The monoisotopic (exact) mass is 338 g/mol. The van der Waals surface area contributed by atoms with E-state index in [0.29, 0.717) is 13.0 Å². The summed E-state index contributed by atoms with van der Waals surface area (Å²) >= 11 is 0. The van der Waals surface area contributed by atoms with Gasteiger partial charge in [-0.3, -0.25) is 0 Å². The van der Waals surface area contributed by atoms with Crippen LogP contribution in [0.1, 0.15) is 23.6 Å². The van der Waals surface area contributed by atoms with E-state index >= 15 is 0 Å². The number of hydrogen-bond acceptors (Lipinski definition) is 5. The molecule has 3 rings (SSSR count). The van der Waals surface area contributed by atoms with Gasteiger partial charge in [-0.15, -0.1) is 5.10 Å². The summed E-state index contributed by atoms with van der Waals surface area (Å²) in [6.07, 6.45) is -3.20. The quantitative estimate of drug-likeness (QED) is 0.907. The van der Waals surface area contributed by atoms with Crippen molar-refractivity contribution in [2.24, 2.45) is 0 Å². The van der Waals surface area contributed by atoms with Gasteiger partial charge in [0.15, 0.2) is 0 Å². The fourth-order valence-corrected chi connectivity index (χ4v) is 2.62. The molecular formula is C15H13F3N4O2. The number of aromatic nitrogens is 3. The van der Waals surface area contributed by atoms with Gasteiger partial charge in [-0.25, -0.2) is 4.68 Å². The third-order valence-corrected chi connectivity index (χ3v) is 3.88. The van der Waals surface area contributed by atoms with Gasteiger partial charge in [-0.2, -0.15) is 18.4 Å². The number of ether oxygens (including phenoxy) is 1. The highest BCUT2D eigenvalue weighted by Crippen LogP contribution is 2.33. The van der Waals surface area contributed by atoms with Gasteiger partial charge in [0.2, 0.25) is 0 Å². The van der Waals surface area contributed by atoms with Crippen LogP contribution in [0.25, 0.3) is 11.3 Å². The second kappa shape index (κ2) is 6.22. The van der Waals surface area contributed by atoms with Crippen molar-refractivity contribution in [2.45, 2.75) is 24.7 Å². The van der Waals surface area contributed by atoms with E-state index in [-0.39, 0.29) is 29.5 Å². The van der Waals surface area contributed by atoms with Crippen molar-refractivity contribution >= 4 is 0 Å².